The Kier molecular flexibility index (Phi) is 6.76. The van der Waals surface area contributed by atoms with E-state index in [-0.39, 0.29) is 0 Å². The van der Waals surface area contributed by atoms with Crippen LogP contribution in [0, 0.1) is 0 Å². The molecule has 0 unspecified atom stereocenters. The van der Waals surface area contributed by atoms with Gasteiger partial charge in [-0.2, -0.15) is 0 Å². The van der Waals surface area contributed by atoms with E-state index in [0.29, 0.717) is 0 Å². The zero-order valence-corrected chi connectivity index (χ0v) is 29.5. The average Bonchev–Trinajstić information content (AvgIpc) is 3.80. The molecule has 2 heterocycles. The summed E-state index contributed by atoms with van der Waals surface area (Å²) >= 11 is 1.87. The third-order valence-corrected chi connectivity index (χ3v) is 11.9. The predicted molar refractivity (Wildman–Crippen MR) is 227 cm³/mol. The molecular weight excluding hydrogens is 663 g/mol. The van der Waals surface area contributed by atoms with Crippen molar-refractivity contribution in [1.82, 2.24) is 0 Å². The number of furan rings is 1. The molecule has 0 spiro atoms. The van der Waals surface area contributed by atoms with Crippen molar-refractivity contribution in [1.29, 1.82) is 0 Å². The number of para-hydroxylation sites is 1. The Balaban J connectivity index is 1.12. The largest absolute Gasteiger partial charge is 0.456 e. The van der Waals surface area contributed by atoms with Gasteiger partial charge >= 0.3 is 0 Å². The maximum Gasteiger partial charge on any atom is 0.137 e. The van der Waals surface area contributed by atoms with Crippen LogP contribution in [0.2, 0.25) is 0 Å². The molecule has 0 atom stereocenters. The summed E-state index contributed by atoms with van der Waals surface area (Å²) in [5.74, 6) is 0. The van der Waals surface area contributed by atoms with Gasteiger partial charge in [0.25, 0.3) is 0 Å². The van der Waals surface area contributed by atoms with Crippen LogP contribution in [0.3, 0.4) is 0 Å². The van der Waals surface area contributed by atoms with Crippen molar-refractivity contribution in [3.05, 3.63) is 188 Å². The standard InChI is InChI=1S/C50H31NOS/c1-2-10-33(11-3-1)40-28-29-45(49-43-15-7-9-17-48(43)53-50(40)49)51(38-26-27-42-41-14-6-8-16-46(41)52-47(42)31-38)37-24-22-32(23-25-37)36-21-20-35-19-18-34-12-4-5-13-39(34)44(35)30-36/h1-31H. The summed E-state index contributed by atoms with van der Waals surface area (Å²) < 4.78 is 9.01. The van der Waals surface area contributed by atoms with E-state index in [2.05, 4.69) is 181 Å². The number of thiophene rings is 1. The Labute approximate surface area is 310 Å². The summed E-state index contributed by atoms with van der Waals surface area (Å²) in [5, 5.41) is 9.83. The maximum atomic E-state index is 6.45. The molecule has 248 valence electrons. The molecule has 11 rings (SSSR count). The quantitative estimate of drug-likeness (QED) is 0.167. The zero-order chi connectivity index (χ0) is 34.9. The van der Waals surface area contributed by atoms with Crippen LogP contribution in [0.25, 0.3) is 85.9 Å². The van der Waals surface area contributed by atoms with Gasteiger partial charge in [0.15, 0.2) is 0 Å². The lowest BCUT2D eigenvalue weighted by molar-refractivity contribution is 0.669. The Morgan fingerprint density at radius 3 is 1.92 bits per heavy atom. The minimum Gasteiger partial charge on any atom is -0.456 e. The number of hydrogen-bond donors (Lipinski definition) is 0. The summed E-state index contributed by atoms with van der Waals surface area (Å²) in [5.41, 5.74) is 9.90. The first-order valence-electron chi connectivity index (χ1n) is 18.0. The Hall–Kier alpha value is -6.68. The first-order chi connectivity index (χ1) is 26.3. The fourth-order valence-electron chi connectivity index (χ4n) is 8.11. The molecule has 0 bridgehead atoms. The van der Waals surface area contributed by atoms with Crippen LogP contribution in [0.5, 0.6) is 0 Å². The molecule has 2 aromatic heterocycles. The lowest BCUT2D eigenvalue weighted by Gasteiger charge is -2.27. The second-order valence-corrected chi connectivity index (χ2v) is 14.7. The highest BCUT2D eigenvalue weighted by Gasteiger charge is 2.22. The zero-order valence-electron chi connectivity index (χ0n) is 28.7. The second kappa shape index (κ2) is 11.9. The summed E-state index contributed by atoms with van der Waals surface area (Å²) in [6.07, 6.45) is 0. The highest BCUT2D eigenvalue weighted by molar-refractivity contribution is 7.26. The van der Waals surface area contributed by atoms with Crippen LogP contribution in [0.4, 0.5) is 17.1 Å². The molecule has 0 aliphatic carbocycles. The van der Waals surface area contributed by atoms with E-state index in [1.165, 1.54) is 64.0 Å². The molecule has 53 heavy (non-hydrogen) atoms. The van der Waals surface area contributed by atoms with Gasteiger partial charge in [-0.25, -0.2) is 0 Å². The third kappa shape index (κ3) is 4.86. The summed E-state index contributed by atoms with van der Waals surface area (Å²) in [4.78, 5) is 2.40. The normalized spacial score (nSPS) is 11.8. The van der Waals surface area contributed by atoms with E-state index in [4.69, 9.17) is 4.42 Å². The van der Waals surface area contributed by atoms with E-state index in [9.17, 15) is 0 Å². The van der Waals surface area contributed by atoms with Crippen molar-refractivity contribution in [2.45, 2.75) is 0 Å². The SMILES string of the molecule is c1ccc(-c2ccc(N(c3ccc(-c4ccc5ccc6ccccc6c5c4)cc3)c3ccc4c(c3)oc3ccccc34)c3c2sc2ccccc23)cc1. The molecule has 0 N–H and O–H groups in total. The Bertz CT molecular complexity index is 3170. The number of nitrogens with zero attached hydrogens (tertiary/aromatic N) is 1. The van der Waals surface area contributed by atoms with Crippen molar-refractivity contribution >= 4 is 92.1 Å². The van der Waals surface area contributed by atoms with E-state index in [1.54, 1.807) is 0 Å². The fraction of sp³-hybridized carbons (Fsp3) is 0. The summed E-state index contributed by atoms with van der Waals surface area (Å²) in [6, 6.07) is 68.0. The maximum absolute atomic E-state index is 6.45. The first-order valence-corrected chi connectivity index (χ1v) is 18.8. The van der Waals surface area contributed by atoms with Gasteiger partial charge in [0, 0.05) is 48.4 Å². The minimum atomic E-state index is 0.876. The number of benzene rings is 9. The molecule has 0 amide bonds. The van der Waals surface area contributed by atoms with Gasteiger partial charge in [0.1, 0.15) is 11.2 Å². The molecule has 0 radical (unpaired) electrons. The van der Waals surface area contributed by atoms with Crippen molar-refractivity contribution < 1.29 is 4.42 Å². The molecule has 11 aromatic rings. The summed E-state index contributed by atoms with van der Waals surface area (Å²) in [7, 11) is 0. The Morgan fingerprint density at radius 2 is 1.06 bits per heavy atom. The number of anilines is 3. The third-order valence-electron chi connectivity index (χ3n) is 10.7. The van der Waals surface area contributed by atoms with Gasteiger partial charge in [-0.1, -0.05) is 133 Å². The van der Waals surface area contributed by atoms with E-state index in [1.807, 2.05) is 23.5 Å². The second-order valence-electron chi connectivity index (χ2n) is 13.7. The molecule has 0 aliphatic heterocycles. The molecule has 2 nitrogen and oxygen atoms in total. The van der Waals surface area contributed by atoms with E-state index < -0.39 is 0 Å². The fourth-order valence-corrected chi connectivity index (χ4v) is 9.37. The smallest absolute Gasteiger partial charge is 0.137 e. The Morgan fingerprint density at radius 1 is 0.396 bits per heavy atom. The van der Waals surface area contributed by atoms with Gasteiger partial charge < -0.3 is 9.32 Å². The summed E-state index contributed by atoms with van der Waals surface area (Å²) in [6.45, 7) is 0. The van der Waals surface area contributed by atoms with Gasteiger partial charge in [0.2, 0.25) is 0 Å². The molecule has 0 fully saturated rings. The van der Waals surface area contributed by atoms with E-state index >= 15 is 0 Å². The van der Waals surface area contributed by atoms with Crippen molar-refractivity contribution in [3.8, 4) is 22.3 Å². The number of hydrogen-bond acceptors (Lipinski definition) is 3. The molecular formula is C50H31NOS. The van der Waals surface area contributed by atoms with Crippen molar-refractivity contribution in [2.24, 2.45) is 0 Å². The van der Waals surface area contributed by atoms with Crippen LogP contribution >= 0.6 is 11.3 Å². The number of rotatable bonds is 5. The monoisotopic (exact) mass is 693 g/mol. The lowest BCUT2D eigenvalue weighted by atomic mass is 9.97. The van der Waals surface area contributed by atoms with Crippen LogP contribution in [0.15, 0.2) is 192 Å². The topological polar surface area (TPSA) is 16.4 Å². The molecule has 3 heteroatoms. The minimum absolute atomic E-state index is 0.876. The predicted octanol–water partition coefficient (Wildman–Crippen LogP) is 15.1. The van der Waals surface area contributed by atoms with E-state index in [0.717, 1.165) is 39.0 Å². The van der Waals surface area contributed by atoms with Gasteiger partial charge in [-0.3, -0.25) is 0 Å². The molecule has 0 aliphatic rings. The molecule has 0 saturated heterocycles. The number of fused-ring (bicyclic) bond motifs is 9. The van der Waals surface area contributed by atoms with Crippen molar-refractivity contribution in [2.75, 3.05) is 4.90 Å². The van der Waals surface area contributed by atoms with Crippen LogP contribution in [-0.4, -0.2) is 0 Å². The average molecular weight is 694 g/mol. The van der Waals surface area contributed by atoms with Crippen LogP contribution in [0.1, 0.15) is 0 Å². The van der Waals surface area contributed by atoms with Gasteiger partial charge in [0.05, 0.1) is 5.69 Å². The van der Waals surface area contributed by atoms with Gasteiger partial charge in [-0.05, 0) is 92.3 Å². The van der Waals surface area contributed by atoms with Crippen molar-refractivity contribution in [3.63, 3.8) is 0 Å². The van der Waals surface area contributed by atoms with Crippen LogP contribution in [-0.2, 0) is 0 Å². The lowest BCUT2D eigenvalue weighted by Crippen LogP contribution is -2.10. The highest BCUT2D eigenvalue weighted by Crippen LogP contribution is 2.49. The highest BCUT2D eigenvalue weighted by atomic mass is 32.1. The van der Waals surface area contributed by atoms with Crippen LogP contribution < -0.4 is 4.90 Å². The molecule has 0 saturated carbocycles. The molecule has 9 aromatic carbocycles. The first kappa shape index (κ1) is 30.0. The van der Waals surface area contributed by atoms with Gasteiger partial charge in [-0.15, -0.1) is 11.3 Å².